The van der Waals surface area contributed by atoms with Gasteiger partial charge in [-0.3, -0.25) is 0 Å². The fourth-order valence-electron chi connectivity index (χ4n) is 1.82. The second-order valence-electron chi connectivity index (χ2n) is 3.56. The molecule has 0 aromatic heterocycles. The van der Waals surface area contributed by atoms with Crippen LogP contribution in [-0.2, 0) is 0 Å². The predicted molar refractivity (Wildman–Crippen MR) is 57.1 cm³/mol. The fraction of sp³-hybridized carbons (Fsp3) is 0.636. The molecular formula is C11H20N2. The highest BCUT2D eigenvalue weighted by atomic mass is 15.2. The Bertz CT molecular complexity index is 228. The third-order valence-electron chi connectivity index (χ3n) is 2.73. The minimum Gasteiger partial charge on any atom is -0.359 e. The van der Waals surface area contributed by atoms with Crippen LogP contribution in [0, 0.1) is 0 Å². The number of nitrogens with zero attached hydrogens (tertiary/aromatic N) is 1. The molecule has 0 saturated carbocycles. The van der Waals surface area contributed by atoms with Crippen molar-refractivity contribution < 1.29 is 0 Å². The SMILES string of the molecule is C/C=C\C1=C(CC)CCC(N)N1C. The zero-order chi connectivity index (χ0) is 9.84. The van der Waals surface area contributed by atoms with Crippen molar-refractivity contribution in [3.05, 3.63) is 23.4 Å². The second kappa shape index (κ2) is 4.47. The van der Waals surface area contributed by atoms with Crippen LogP contribution in [0.5, 0.6) is 0 Å². The summed E-state index contributed by atoms with van der Waals surface area (Å²) in [6.07, 6.45) is 7.82. The van der Waals surface area contributed by atoms with E-state index in [4.69, 9.17) is 5.73 Å². The Morgan fingerprint density at radius 1 is 1.62 bits per heavy atom. The van der Waals surface area contributed by atoms with E-state index < -0.39 is 0 Å². The van der Waals surface area contributed by atoms with E-state index in [9.17, 15) is 0 Å². The average Bonchev–Trinajstić information content (AvgIpc) is 2.14. The molecule has 1 rings (SSSR count). The molecule has 0 saturated heterocycles. The molecule has 0 amide bonds. The first kappa shape index (κ1) is 10.3. The fourth-order valence-corrected chi connectivity index (χ4v) is 1.82. The topological polar surface area (TPSA) is 29.3 Å². The smallest absolute Gasteiger partial charge is 0.0770 e. The molecule has 0 spiro atoms. The standard InChI is InChI=1S/C11H20N2/c1-4-6-10-9(5-2)7-8-11(12)13(10)3/h4,6,11H,5,7-8,12H2,1-3H3/b6-4-. The summed E-state index contributed by atoms with van der Waals surface area (Å²) in [5.74, 6) is 0. The van der Waals surface area contributed by atoms with Crippen LogP contribution in [0.25, 0.3) is 0 Å². The lowest BCUT2D eigenvalue weighted by atomic mass is 9.98. The van der Waals surface area contributed by atoms with Gasteiger partial charge in [0, 0.05) is 12.7 Å². The van der Waals surface area contributed by atoms with Gasteiger partial charge < -0.3 is 10.6 Å². The molecule has 0 aromatic carbocycles. The third kappa shape index (κ3) is 2.13. The molecule has 74 valence electrons. The minimum absolute atomic E-state index is 0.196. The normalized spacial score (nSPS) is 24.6. The quantitative estimate of drug-likeness (QED) is 0.706. The Balaban J connectivity index is 2.93. The van der Waals surface area contributed by atoms with Crippen molar-refractivity contribution in [1.82, 2.24) is 4.90 Å². The lowest BCUT2D eigenvalue weighted by molar-refractivity contribution is 0.277. The Morgan fingerprint density at radius 3 is 2.85 bits per heavy atom. The van der Waals surface area contributed by atoms with Crippen LogP contribution in [0.2, 0.25) is 0 Å². The van der Waals surface area contributed by atoms with Crippen molar-refractivity contribution in [2.75, 3.05) is 7.05 Å². The number of hydrogen-bond donors (Lipinski definition) is 1. The average molecular weight is 180 g/mol. The van der Waals surface area contributed by atoms with Gasteiger partial charge >= 0.3 is 0 Å². The molecule has 1 heterocycles. The zero-order valence-electron chi connectivity index (χ0n) is 8.88. The molecule has 13 heavy (non-hydrogen) atoms. The highest BCUT2D eigenvalue weighted by molar-refractivity contribution is 5.26. The van der Waals surface area contributed by atoms with Gasteiger partial charge in [-0.2, -0.15) is 0 Å². The van der Waals surface area contributed by atoms with Crippen molar-refractivity contribution in [3.63, 3.8) is 0 Å². The third-order valence-corrected chi connectivity index (χ3v) is 2.73. The summed E-state index contributed by atoms with van der Waals surface area (Å²) in [4.78, 5) is 2.18. The summed E-state index contributed by atoms with van der Waals surface area (Å²) < 4.78 is 0. The Kier molecular flexibility index (Phi) is 3.55. The van der Waals surface area contributed by atoms with Crippen molar-refractivity contribution in [2.24, 2.45) is 5.73 Å². The van der Waals surface area contributed by atoms with Crippen molar-refractivity contribution in [1.29, 1.82) is 0 Å². The molecule has 1 aliphatic rings. The molecule has 0 bridgehead atoms. The first-order valence-electron chi connectivity index (χ1n) is 5.03. The first-order chi connectivity index (χ1) is 6.20. The number of rotatable bonds is 2. The van der Waals surface area contributed by atoms with Gasteiger partial charge in [0.25, 0.3) is 0 Å². The van der Waals surface area contributed by atoms with E-state index in [1.807, 2.05) is 6.92 Å². The summed E-state index contributed by atoms with van der Waals surface area (Å²) in [6.45, 7) is 4.26. The number of nitrogens with two attached hydrogens (primary N) is 1. The lowest BCUT2D eigenvalue weighted by Gasteiger charge is -2.34. The van der Waals surface area contributed by atoms with E-state index in [1.165, 1.54) is 11.3 Å². The molecule has 1 aliphatic heterocycles. The molecule has 0 fully saturated rings. The minimum atomic E-state index is 0.196. The number of hydrogen-bond acceptors (Lipinski definition) is 2. The monoisotopic (exact) mass is 180 g/mol. The summed E-state index contributed by atoms with van der Waals surface area (Å²) in [7, 11) is 2.08. The molecule has 0 radical (unpaired) electrons. The van der Waals surface area contributed by atoms with Crippen molar-refractivity contribution in [3.8, 4) is 0 Å². The van der Waals surface area contributed by atoms with E-state index in [1.54, 1.807) is 0 Å². The Hall–Kier alpha value is -0.760. The van der Waals surface area contributed by atoms with Crippen molar-refractivity contribution in [2.45, 2.75) is 39.3 Å². The van der Waals surface area contributed by atoms with Gasteiger partial charge in [-0.1, -0.05) is 13.0 Å². The van der Waals surface area contributed by atoms with E-state index in [2.05, 4.69) is 31.0 Å². The maximum atomic E-state index is 5.97. The summed E-state index contributed by atoms with van der Waals surface area (Å²) in [6, 6.07) is 0. The van der Waals surface area contributed by atoms with E-state index in [0.29, 0.717) is 0 Å². The van der Waals surface area contributed by atoms with Crippen LogP contribution in [0.1, 0.15) is 33.1 Å². The Morgan fingerprint density at radius 2 is 2.31 bits per heavy atom. The predicted octanol–water partition coefficient (Wildman–Crippen LogP) is 2.24. The summed E-state index contributed by atoms with van der Waals surface area (Å²) >= 11 is 0. The van der Waals surface area contributed by atoms with E-state index in [-0.39, 0.29) is 6.17 Å². The van der Waals surface area contributed by atoms with Crippen LogP contribution in [0.15, 0.2) is 23.4 Å². The molecular weight excluding hydrogens is 160 g/mol. The highest BCUT2D eigenvalue weighted by Gasteiger charge is 2.19. The first-order valence-corrected chi connectivity index (χ1v) is 5.03. The molecule has 2 N–H and O–H groups in total. The molecule has 1 unspecified atom stereocenters. The number of likely N-dealkylation sites (N-methyl/N-ethyl adjacent to an activating group) is 1. The van der Waals surface area contributed by atoms with Gasteiger partial charge in [0.15, 0.2) is 0 Å². The molecule has 0 aromatic rings. The van der Waals surface area contributed by atoms with Crippen LogP contribution >= 0.6 is 0 Å². The molecule has 2 heteroatoms. The zero-order valence-corrected chi connectivity index (χ0v) is 8.88. The number of allylic oxidation sites excluding steroid dienone is 3. The van der Waals surface area contributed by atoms with Crippen LogP contribution in [0.3, 0.4) is 0 Å². The van der Waals surface area contributed by atoms with Gasteiger partial charge in [0.05, 0.1) is 6.17 Å². The Labute approximate surface area is 81.1 Å². The summed E-state index contributed by atoms with van der Waals surface area (Å²) in [5.41, 5.74) is 8.83. The lowest BCUT2D eigenvalue weighted by Crippen LogP contribution is -2.41. The second-order valence-corrected chi connectivity index (χ2v) is 3.56. The van der Waals surface area contributed by atoms with Gasteiger partial charge in [0.1, 0.15) is 0 Å². The largest absolute Gasteiger partial charge is 0.359 e. The summed E-state index contributed by atoms with van der Waals surface area (Å²) in [5, 5.41) is 0. The van der Waals surface area contributed by atoms with Crippen LogP contribution < -0.4 is 5.73 Å². The van der Waals surface area contributed by atoms with Gasteiger partial charge in [-0.25, -0.2) is 0 Å². The molecule has 0 aliphatic carbocycles. The van der Waals surface area contributed by atoms with Gasteiger partial charge in [-0.05, 0) is 37.8 Å². The highest BCUT2D eigenvalue weighted by Crippen LogP contribution is 2.26. The van der Waals surface area contributed by atoms with Gasteiger partial charge in [0.2, 0.25) is 0 Å². The van der Waals surface area contributed by atoms with Gasteiger partial charge in [-0.15, -0.1) is 0 Å². The maximum Gasteiger partial charge on any atom is 0.0770 e. The van der Waals surface area contributed by atoms with E-state index in [0.717, 1.165) is 19.3 Å². The van der Waals surface area contributed by atoms with E-state index >= 15 is 0 Å². The van der Waals surface area contributed by atoms with Crippen molar-refractivity contribution >= 4 is 0 Å². The van der Waals surface area contributed by atoms with Crippen LogP contribution in [0.4, 0.5) is 0 Å². The molecule has 2 nitrogen and oxygen atoms in total. The maximum absolute atomic E-state index is 5.97. The molecule has 1 atom stereocenters. The van der Waals surface area contributed by atoms with Crippen LogP contribution in [-0.4, -0.2) is 18.1 Å².